The van der Waals surface area contributed by atoms with Crippen molar-refractivity contribution in [2.45, 2.75) is 99.6 Å². The van der Waals surface area contributed by atoms with Gasteiger partial charge < -0.3 is 36.1 Å². The molecule has 23 nitrogen and oxygen atoms in total. The number of anilines is 2. The van der Waals surface area contributed by atoms with Gasteiger partial charge in [-0.25, -0.2) is 26.4 Å². The summed E-state index contributed by atoms with van der Waals surface area (Å²) in [4.78, 5) is 75.8. The molecule has 2 amide bonds. The minimum atomic E-state index is -5.78. The van der Waals surface area contributed by atoms with Crippen LogP contribution in [0.2, 0.25) is 0 Å². The highest BCUT2D eigenvalue weighted by atomic mass is 32.2. The van der Waals surface area contributed by atoms with Crippen LogP contribution in [0.5, 0.6) is 0 Å². The summed E-state index contributed by atoms with van der Waals surface area (Å²) >= 11 is 0. The number of hydrogen-bond donors (Lipinski definition) is 8. The predicted molar refractivity (Wildman–Crippen MR) is 288 cm³/mol. The summed E-state index contributed by atoms with van der Waals surface area (Å²) in [5.74, 6) is -0.724. The van der Waals surface area contributed by atoms with Gasteiger partial charge in [-0.2, -0.15) is 28.2 Å². The molecule has 0 aliphatic carbocycles. The number of alkyl carbamates (subject to hydrolysis) is 1. The standard InChI is InChI=1S/C50H70N6O17P2S2/c1-35(2)29-54(76(64,65)43-19-15-39(51)16-20-43)31-47(45(27-37-11-7-5-8-12-37)53-49(57)70-42-24-26-69-34-42)71-74(60,61)73-75(62,63)72-48(32-55(30-36(3)4)77(66,67)44-21-17-40(52)18-22-44)46(28-38-13-9-6-10-14-38)56(50(58)59)41-23-25-68-33-41/h5-22,35-36,41-42,45-48,60-63H,23-34,51-52H2,1-4H3/p+2/t41-,42-,45-,46-,47+,48-/m0/s1. The van der Waals surface area contributed by atoms with Crippen molar-refractivity contribution >= 4 is 59.9 Å². The molecule has 2 fully saturated rings. The average Bonchev–Trinajstić information content (AvgIpc) is 4.09. The van der Waals surface area contributed by atoms with E-state index in [2.05, 4.69) is 5.32 Å². The van der Waals surface area contributed by atoms with E-state index in [-0.39, 0.29) is 85.2 Å². The Bertz CT molecular complexity index is 2730. The van der Waals surface area contributed by atoms with E-state index in [0.717, 1.165) is 13.5 Å². The van der Waals surface area contributed by atoms with E-state index < -0.39 is 98.1 Å². The third kappa shape index (κ3) is 18.2. The third-order valence-corrected chi connectivity index (χ3v) is 19.0. The molecular weight excluding hydrogens is 1080 g/mol. The molecule has 424 valence electrons. The molecule has 4 aromatic rings. The van der Waals surface area contributed by atoms with Gasteiger partial charge >= 0.3 is 28.5 Å². The lowest BCUT2D eigenvalue weighted by Gasteiger charge is -2.39. The van der Waals surface area contributed by atoms with Crippen LogP contribution in [-0.4, -0.2) is 156 Å². The van der Waals surface area contributed by atoms with Crippen LogP contribution in [0.3, 0.4) is 0 Å². The second-order valence-electron chi connectivity index (χ2n) is 19.7. The topological polar surface area (TPSA) is 333 Å². The zero-order valence-corrected chi connectivity index (χ0v) is 46.8. The number of amides is 2. The minimum absolute atomic E-state index is 0.0715. The van der Waals surface area contributed by atoms with E-state index in [1.807, 2.05) is 0 Å². The highest BCUT2D eigenvalue weighted by Crippen LogP contribution is 2.71. The molecule has 0 unspecified atom stereocenters. The van der Waals surface area contributed by atoms with Crippen molar-refractivity contribution in [1.29, 1.82) is 0 Å². The normalized spacial score (nSPS) is 18.1. The van der Waals surface area contributed by atoms with Crippen LogP contribution in [0.15, 0.2) is 119 Å². The summed E-state index contributed by atoms with van der Waals surface area (Å²) in [6, 6.07) is 24.0. The quantitative estimate of drug-likeness (QED) is 0.0258. The molecule has 6 atom stereocenters. The zero-order chi connectivity index (χ0) is 56.1. The van der Waals surface area contributed by atoms with Crippen LogP contribution in [-0.2, 0) is 60.5 Å². The number of nitrogens with two attached hydrogens (primary N) is 2. The molecule has 2 saturated heterocycles. The van der Waals surface area contributed by atoms with E-state index >= 15 is 0 Å². The van der Waals surface area contributed by atoms with Gasteiger partial charge in [0.25, 0.3) is 0 Å². The number of carboxylic acid groups (broad SMARTS) is 1. The van der Waals surface area contributed by atoms with Gasteiger partial charge in [0.2, 0.25) is 20.0 Å². The van der Waals surface area contributed by atoms with Crippen molar-refractivity contribution in [1.82, 2.24) is 18.8 Å². The van der Waals surface area contributed by atoms with Crippen molar-refractivity contribution in [2.75, 3.05) is 64.1 Å². The van der Waals surface area contributed by atoms with Gasteiger partial charge in [0.05, 0.1) is 52.0 Å². The van der Waals surface area contributed by atoms with Gasteiger partial charge in [0, 0.05) is 50.6 Å². The van der Waals surface area contributed by atoms with Gasteiger partial charge in [-0.05, 0) is 90.8 Å². The van der Waals surface area contributed by atoms with Crippen LogP contribution < -0.4 is 16.8 Å². The molecule has 6 rings (SSSR count). The summed E-state index contributed by atoms with van der Waals surface area (Å²) in [6.45, 7) is 5.60. The molecule has 0 bridgehead atoms. The maximum Gasteiger partial charge on any atom is 0.620 e. The van der Waals surface area contributed by atoms with Gasteiger partial charge in [-0.1, -0.05) is 88.4 Å². The maximum absolute atomic E-state index is 14.6. The highest BCUT2D eigenvalue weighted by molar-refractivity contribution is 7.89. The Morgan fingerprint density at radius 2 is 1.10 bits per heavy atom. The van der Waals surface area contributed by atoms with Crippen LogP contribution in [0.1, 0.15) is 51.7 Å². The molecule has 27 heteroatoms. The summed E-state index contributed by atoms with van der Waals surface area (Å²) < 4.78 is 94.2. The van der Waals surface area contributed by atoms with E-state index in [9.17, 15) is 51.1 Å². The van der Waals surface area contributed by atoms with Crippen molar-refractivity contribution in [3.05, 3.63) is 120 Å². The zero-order valence-electron chi connectivity index (χ0n) is 43.3. The van der Waals surface area contributed by atoms with Gasteiger partial charge in [0.1, 0.15) is 18.3 Å². The Balaban J connectivity index is 1.44. The predicted octanol–water partition coefficient (Wildman–Crippen LogP) is 5.46. The Hall–Kier alpha value is -4.66. The number of nitrogen functional groups attached to an aromatic ring is 2. The summed E-state index contributed by atoms with van der Waals surface area (Å²) in [6.07, 6.45) is -6.59. The Morgan fingerprint density at radius 1 is 0.649 bits per heavy atom. The number of nitrogens with one attached hydrogen (secondary N) is 1. The van der Waals surface area contributed by atoms with Crippen molar-refractivity contribution in [3.63, 3.8) is 0 Å². The van der Waals surface area contributed by atoms with Crippen LogP contribution in [0.25, 0.3) is 0 Å². The van der Waals surface area contributed by atoms with Crippen LogP contribution in [0.4, 0.5) is 21.0 Å². The fourth-order valence-electron chi connectivity index (χ4n) is 8.99. The lowest BCUT2D eigenvalue weighted by molar-refractivity contribution is -0.000448. The van der Waals surface area contributed by atoms with E-state index in [4.69, 9.17) is 39.0 Å². The number of sulfonamides is 2. The smallest absolute Gasteiger partial charge is 0.465 e. The number of hydrogen-bond acceptors (Lipinski definition) is 18. The first-order valence-corrected chi connectivity index (χ1v) is 31.0. The molecule has 0 spiro atoms. The molecule has 2 aliphatic rings. The van der Waals surface area contributed by atoms with E-state index in [1.165, 1.54) is 48.5 Å². The fraction of sp³-hybridized carbons (Fsp3) is 0.480. The van der Waals surface area contributed by atoms with Gasteiger partial charge in [-0.3, -0.25) is 4.90 Å². The Labute approximate surface area is 451 Å². The summed E-state index contributed by atoms with van der Waals surface area (Å²) in [5.41, 5.74) is 13.5. The monoisotopic (exact) mass is 1150 g/mol. The van der Waals surface area contributed by atoms with Gasteiger partial charge in [0.15, 0.2) is 0 Å². The van der Waals surface area contributed by atoms with Crippen LogP contribution in [0, 0.1) is 11.8 Å². The number of ether oxygens (including phenoxy) is 3. The molecule has 2 heterocycles. The number of rotatable bonds is 28. The largest absolute Gasteiger partial charge is 0.620 e. The van der Waals surface area contributed by atoms with Crippen molar-refractivity contribution in [3.8, 4) is 0 Å². The number of benzene rings is 4. The van der Waals surface area contributed by atoms with E-state index in [1.54, 1.807) is 88.4 Å². The lowest BCUT2D eigenvalue weighted by atomic mass is 9.97. The van der Waals surface area contributed by atoms with Gasteiger partial charge in [-0.15, -0.1) is 9.05 Å². The molecule has 0 radical (unpaired) electrons. The van der Waals surface area contributed by atoms with E-state index in [0.29, 0.717) is 24.2 Å². The lowest BCUT2D eigenvalue weighted by Crippen LogP contribution is -2.57. The summed E-state index contributed by atoms with van der Waals surface area (Å²) in [7, 11) is -20.5. The van der Waals surface area contributed by atoms with Crippen molar-refractivity contribution in [2.24, 2.45) is 11.8 Å². The molecular formula is C50H72N6O17P2S2+2. The van der Waals surface area contributed by atoms with Crippen LogP contribution >= 0.6 is 16.3 Å². The Morgan fingerprint density at radius 3 is 1.55 bits per heavy atom. The van der Waals surface area contributed by atoms with Crippen molar-refractivity contribution < 1.29 is 78.7 Å². The number of carbonyl (C=O) groups excluding carboxylic acids is 1. The maximum atomic E-state index is 14.6. The average molecular weight is 1160 g/mol. The molecule has 4 aromatic carbocycles. The Kier molecular flexibility index (Phi) is 22.0. The second-order valence-corrected chi connectivity index (χ2v) is 26.6. The number of nitrogens with zero attached hydrogens (tertiary/aromatic N) is 3. The first kappa shape index (κ1) is 61.6. The SMILES string of the molecule is CC(C)CN(C[C@H](O[P+](O)(O)O[P+](O)(O)O[C@H](CN(CC(C)C)S(=O)(=O)c1ccc(N)cc1)[C@H](Cc1ccccc1)NC(=O)O[C@H]1CCOC1)[C@H](Cc1ccccc1)N(C(=O)O)[C@H]1CCOC1)S(=O)(=O)c1ccc(N)cc1. The first-order chi connectivity index (χ1) is 36.3. The number of carbonyl (C=O) groups is 2. The minimum Gasteiger partial charge on any atom is -0.465 e. The molecule has 2 aliphatic heterocycles. The summed E-state index contributed by atoms with van der Waals surface area (Å²) in [5, 5.41) is 13.7. The second kappa shape index (κ2) is 27.5. The third-order valence-electron chi connectivity index (χ3n) is 12.5. The molecule has 10 N–H and O–H groups in total. The molecule has 0 aromatic heterocycles. The molecule has 0 saturated carbocycles. The highest BCUT2D eigenvalue weighted by Gasteiger charge is 2.64. The first-order valence-electron chi connectivity index (χ1n) is 25.0. The molecule has 77 heavy (non-hydrogen) atoms. The fourth-order valence-corrected chi connectivity index (χ4v) is 14.8.